The van der Waals surface area contributed by atoms with E-state index in [1.807, 2.05) is 0 Å². The molecule has 0 radical (unpaired) electrons. The third-order valence-corrected chi connectivity index (χ3v) is 10.3. The molecule has 0 aliphatic heterocycles. The Morgan fingerprint density at radius 1 is 0.477 bits per heavy atom. The first-order chi connectivity index (χ1) is 21.0. The Bertz CT molecular complexity index is 1580. The predicted octanol–water partition coefficient (Wildman–Crippen LogP) is 12.9. The zero-order chi connectivity index (χ0) is 31.2. The molecule has 2 unspecified atom stereocenters. The lowest BCUT2D eigenvalue weighted by atomic mass is 9.82. The molecule has 0 aromatic heterocycles. The summed E-state index contributed by atoms with van der Waals surface area (Å²) in [6, 6.07) is 32.5. The molecule has 4 aromatic carbocycles. The summed E-state index contributed by atoms with van der Waals surface area (Å²) in [6.45, 7) is 18.4. The van der Waals surface area contributed by atoms with E-state index in [4.69, 9.17) is 0 Å². The Kier molecular flexibility index (Phi) is 8.08. The fourth-order valence-electron chi connectivity index (χ4n) is 7.58. The monoisotopic (exact) mass is 578 g/mol. The van der Waals surface area contributed by atoms with Crippen LogP contribution in [0.15, 0.2) is 96.1 Å². The molecule has 44 heavy (non-hydrogen) atoms. The maximum Gasteiger partial charge on any atom is 0.00578 e. The van der Waals surface area contributed by atoms with E-state index in [0.717, 1.165) is 12.8 Å². The fourth-order valence-corrected chi connectivity index (χ4v) is 7.58. The maximum atomic E-state index is 2.52. The zero-order valence-electron chi connectivity index (χ0n) is 28.2. The Morgan fingerprint density at radius 2 is 0.841 bits per heavy atom. The van der Waals surface area contributed by atoms with Crippen LogP contribution in [-0.4, -0.2) is 0 Å². The first kappa shape index (κ1) is 30.4. The molecule has 0 saturated heterocycles. The molecule has 0 amide bonds. The van der Waals surface area contributed by atoms with Gasteiger partial charge in [0.25, 0.3) is 0 Å². The molecule has 0 nitrogen and oxygen atoms in total. The van der Waals surface area contributed by atoms with Gasteiger partial charge in [0.2, 0.25) is 0 Å². The topological polar surface area (TPSA) is 0 Å². The van der Waals surface area contributed by atoms with Gasteiger partial charge >= 0.3 is 0 Å². The van der Waals surface area contributed by atoms with E-state index in [1.165, 1.54) is 68.5 Å². The Morgan fingerprint density at radius 3 is 1.16 bits per heavy atom. The van der Waals surface area contributed by atoms with E-state index >= 15 is 0 Å². The fraction of sp³-hybridized carbons (Fsp3) is 0.364. The summed E-state index contributed by atoms with van der Waals surface area (Å²) in [5.74, 6) is 0.998. The van der Waals surface area contributed by atoms with Crippen LogP contribution in [0.3, 0.4) is 0 Å². The first-order valence-electron chi connectivity index (χ1n) is 16.9. The van der Waals surface area contributed by atoms with Crippen LogP contribution in [0.1, 0.15) is 126 Å². The van der Waals surface area contributed by atoms with Gasteiger partial charge in [0.1, 0.15) is 0 Å². The number of rotatable bonds is 7. The molecule has 2 atom stereocenters. The van der Waals surface area contributed by atoms with Gasteiger partial charge in [0, 0.05) is 11.8 Å². The molecule has 6 rings (SSSR count). The number of hydrogen-bond donors (Lipinski definition) is 0. The highest BCUT2D eigenvalue weighted by molar-refractivity contribution is 5.83. The van der Waals surface area contributed by atoms with E-state index < -0.39 is 0 Å². The van der Waals surface area contributed by atoms with Gasteiger partial charge in [-0.2, -0.15) is 0 Å². The number of fused-ring (bicyclic) bond motifs is 2. The quantitative estimate of drug-likeness (QED) is 0.205. The summed E-state index contributed by atoms with van der Waals surface area (Å²) >= 11 is 0. The summed E-state index contributed by atoms with van der Waals surface area (Å²) < 4.78 is 0. The van der Waals surface area contributed by atoms with Crippen molar-refractivity contribution in [2.24, 2.45) is 0 Å². The highest BCUT2D eigenvalue weighted by atomic mass is 14.3. The van der Waals surface area contributed by atoms with Gasteiger partial charge < -0.3 is 0 Å². The largest absolute Gasteiger partial charge is 0.0623 e. The Labute approximate surface area is 267 Å². The van der Waals surface area contributed by atoms with Gasteiger partial charge in [-0.25, -0.2) is 0 Å². The SMILES string of the molecule is CCC1=Cc2c(-c3ccc(C(C)(C)C)cc3)cccc2C1CCC1C(CC)=Cc2c(-c3ccc(C(C)(C)C)cc3)cccc21. The second kappa shape index (κ2) is 11.7. The molecule has 0 heteroatoms. The molecule has 0 heterocycles. The highest BCUT2D eigenvalue weighted by Crippen LogP contribution is 2.49. The van der Waals surface area contributed by atoms with Crippen LogP contribution in [-0.2, 0) is 10.8 Å². The molecule has 4 aromatic rings. The second-order valence-corrected chi connectivity index (χ2v) is 15.1. The van der Waals surface area contributed by atoms with Gasteiger partial charge in [-0.05, 0) is 92.1 Å². The second-order valence-electron chi connectivity index (χ2n) is 15.1. The normalized spacial score (nSPS) is 17.7. The van der Waals surface area contributed by atoms with Crippen molar-refractivity contribution in [2.45, 2.75) is 104 Å². The molecule has 0 fully saturated rings. The smallest absolute Gasteiger partial charge is 0.00578 e. The lowest BCUT2D eigenvalue weighted by Gasteiger charge is -2.22. The highest BCUT2D eigenvalue weighted by Gasteiger charge is 2.31. The Hall–Kier alpha value is -3.64. The van der Waals surface area contributed by atoms with Crippen LogP contribution >= 0.6 is 0 Å². The number of benzene rings is 4. The molecule has 226 valence electrons. The zero-order valence-corrected chi connectivity index (χ0v) is 28.2. The third kappa shape index (κ3) is 5.65. The van der Waals surface area contributed by atoms with Gasteiger partial charge in [-0.3, -0.25) is 0 Å². The average Bonchev–Trinajstić information content (AvgIpc) is 3.56. The summed E-state index contributed by atoms with van der Waals surface area (Å²) in [7, 11) is 0. The summed E-state index contributed by atoms with van der Waals surface area (Å²) in [4.78, 5) is 0. The van der Waals surface area contributed by atoms with E-state index in [-0.39, 0.29) is 10.8 Å². The molecule has 0 spiro atoms. The first-order valence-corrected chi connectivity index (χ1v) is 16.9. The van der Waals surface area contributed by atoms with Crippen molar-refractivity contribution in [3.63, 3.8) is 0 Å². The standard InChI is InChI=1S/C44H50/c1-9-29-27-41-35(31-17-21-33(22-18-31)43(3,4)5)13-11-15-39(41)37(29)25-26-38-30(10-2)28-42-36(14-12-16-40(38)42)32-19-23-34(24-20-32)44(6,7)8/h11-24,27-28,37-38H,9-10,25-26H2,1-8H3. The van der Waals surface area contributed by atoms with Crippen LogP contribution in [0.25, 0.3) is 34.4 Å². The van der Waals surface area contributed by atoms with Crippen molar-refractivity contribution >= 4 is 12.2 Å². The van der Waals surface area contributed by atoms with E-state index in [2.05, 4.69) is 152 Å². The minimum atomic E-state index is 0.167. The average molecular weight is 579 g/mol. The van der Waals surface area contributed by atoms with Crippen molar-refractivity contribution in [2.75, 3.05) is 0 Å². The van der Waals surface area contributed by atoms with Crippen LogP contribution in [0.4, 0.5) is 0 Å². The predicted molar refractivity (Wildman–Crippen MR) is 192 cm³/mol. The maximum absolute atomic E-state index is 2.52. The third-order valence-electron chi connectivity index (χ3n) is 10.3. The molecule has 0 saturated carbocycles. The molecular weight excluding hydrogens is 528 g/mol. The Balaban J connectivity index is 1.27. The summed E-state index contributed by atoms with van der Waals surface area (Å²) in [5, 5.41) is 0. The lowest BCUT2D eigenvalue weighted by Crippen LogP contribution is -2.10. The molecule has 0 N–H and O–H groups in total. The molecule has 2 aliphatic rings. The van der Waals surface area contributed by atoms with Crippen LogP contribution in [0, 0.1) is 0 Å². The summed E-state index contributed by atoms with van der Waals surface area (Å²) in [5.41, 5.74) is 17.6. The minimum Gasteiger partial charge on any atom is -0.0623 e. The van der Waals surface area contributed by atoms with Crippen molar-refractivity contribution < 1.29 is 0 Å². The summed E-state index contributed by atoms with van der Waals surface area (Å²) in [6.07, 6.45) is 9.62. The lowest BCUT2D eigenvalue weighted by molar-refractivity contribution is 0.590. The van der Waals surface area contributed by atoms with Gasteiger partial charge in [0.05, 0.1) is 0 Å². The van der Waals surface area contributed by atoms with Crippen LogP contribution in [0.5, 0.6) is 0 Å². The number of hydrogen-bond acceptors (Lipinski definition) is 0. The van der Waals surface area contributed by atoms with E-state index in [0.29, 0.717) is 11.8 Å². The van der Waals surface area contributed by atoms with Gasteiger partial charge in [0.15, 0.2) is 0 Å². The van der Waals surface area contributed by atoms with Crippen molar-refractivity contribution in [1.29, 1.82) is 0 Å². The molecule has 2 aliphatic carbocycles. The number of allylic oxidation sites excluding steroid dienone is 2. The molecular formula is C44H50. The van der Waals surface area contributed by atoms with Crippen LogP contribution in [0.2, 0.25) is 0 Å². The van der Waals surface area contributed by atoms with Crippen molar-refractivity contribution in [1.82, 2.24) is 0 Å². The van der Waals surface area contributed by atoms with Crippen molar-refractivity contribution in [3.05, 3.63) is 129 Å². The van der Waals surface area contributed by atoms with Gasteiger partial charge in [-0.1, -0.05) is 164 Å². The van der Waals surface area contributed by atoms with E-state index in [1.54, 1.807) is 11.1 Å². The minimum absolute atomic E-state index is 0.167. The van der Waals surface area contributed by atoms with Crippen molar-refractivity contribution in [3.8, 4) is 22.3 Å². The van der Waals surface area contributed by atoms with Crippen LogP contribution < -0.4 is 0 Å². The van der Waals surface area contributed by atoms with Gasteiger partial charge in [-0.15, -0.1) is 0 Å². The van der Waals surface area contributed by atoms with E-state index in [9.17, 15) is 0 Å². The molecule has 0 bridgehead atoms.